The zero-order valence-corrected chi connectivity index (χ0v) is 14.7. The van der Waals surface area contributed by atoms with Gasteiger partial charge in [0.2, 0.25) is 0 Å². The number of nitrogens with two attached hydrogens (primary N) is 1. The number of fused-ring (bicyclic) bond motifs is 1. The van der Waals surface area contributed by atoms with Crippen molar-refractivity contribution in [3.63, 3.8) is 0 Å². The number of H-pyrrole nitrogens is 1. The van der Waals surface area contributed by atoms with Gasteiger partial charge in [-0.2, -0.15) is 0 Å². The number of anilines is 1. The molecule has 0 radical (unpaired) electrons. The van der Waals surface area contributed by atoms with E-state index in [2.05, 4.69) is 9.97 Å². The molecule has 26 heavy (non-hydrogen) atoms. The fourth-order valence-electron chi connectivity index (χ4n) is 2.56. The molecule has 3 N–H and O–H groups in total. The molecule has 0 aliphatic rings. The van der Waals surface area contributed by atoms with Crippen LogP contribution in [0.1, 0.15) is 29.8 Å². The Morgan fingerprint density at radius 3 is 2.23 bits per heavy atom. The van der Waals surface area contributed by atoms with Crippen LogP contribution in [0.2, 0.25) is 0 Å². The lowest BCUT2D eigenvalue weighted by molar-refractivity contribution is 0.103. The number of aromatic amines is 1. The average Bonchev–Trinajstić information content (AvgIpc) is 2.91. The Morgan fingerprint density at radius 1 is 1.08 bits per heavy atom. The van der Waals surface area contributed by atoms with E-state index in [1.165, 1.54) is 19.9 Å². The normalized spacial score (nSPS) is 12.0. The maximum absolute atomic E-state index is 13.4. The fraction of sp³-hybridized carbons (Fsp3) is 0.176. The number of rotatable bonds is 4. The molecular formula is C17H15F2N3O3S. The summed E-state index contributed by atoms with van der Waals surface area (Å²) in [4.78, 5) is 19.1. The number of sulfone groups is 1. The molecule has 2 aromatic carbocycles. The Kier molecular flexibility index (Phi) is 4.27. The van der Waals surface area contributed by atoms with E-state index in [0.29, 0.717) is 6.07 Å². The summed E-state index contributed by atoms with van der Waals surface area (Å²) in [7, 11) is -3.78. The summed E-state index contributed by atoms with van der Waals surface area (Å²) in [5, 5.41) is -0.763. The summed E-state index contributed by atoms with van der Waals surface area (Å²) in [5.74, 6) is -2.55. The third kappa shape index (κ3) is 3.05. The number of carbonyl (C=O) groups is 1. The van der Waals surface area contributed by atoms with Crippen molar-refractivity contribution < 1.29 is 22.0 Å². The molecule has 3 aromatic rings. The summed E-state index contributed by atoms with van der Waals surface area (Å²) in [6, 6.07) is 4.91. The lowest BCUT2D eigenvalue weighted by Gasteiger charge is -2.10. The van der Waals surface area contributed by atoms with Crippen molar-refractivity contribution in [3.05, 3.63) is 53.1 Å². The summed E-state index contributed by atoms with van der Waals surface area (Å²) < 4.78 is 52.1. The number of carbonyl (C=O) groups excluding carboxylic acids is 1. The van der Waals surface area contributed by atoms with Gasteiger partial charge in [-0.05, 0) is 38.1 Å². The van der Waals surface area contributed by atoms with Crippen LogP contribution in [0.15, 0.2) is 35.2 Å². The quantitative estimate of drug-likeness (QED) is 0.678. The van der Waals surface area contributed by atoms with E-state index in [-0.39, 0.29) is 33.0 Å². The number of nitrogens with zero attached hydrogens (tertiary/aromatic N) is 1. The maximum atomic E-state index is 13.4. The van der Waals surface area contributed by atoms with Gasteiger partial charge in [0.25, 0.3) is 0 Å². The van der Waals surface area contributed by atoms with E-state index in [9.17, 15) is 22.0 Å². The number of aromatic nitrogens is 2. The Hall–Kier alpha value is -2.81. The molecule has 0 atom stereocenters. The molecule has 136 valence electrons. The second-order valence-electron chi connectivity index (χ2n) is 6.07. The minimum Gasteiger partial charge on any atom is -0.369 e. The Morgan fingerprint density at radius 2 is 1.65 bits per heavy atom. The van der Waals surface area contributed by atoms with Crippen molar-refractivity contribution >= 4 is 32.6 Å². The van der Waals surface area contributed by atoms with Crippen LogP contribution in [0, 0.1) is 11.6 Å². The number of hydrogen-bond acceptors (Lipinski definition) is 5. The highest BCUT2D eigenvalue weighted by molar-refractivity contribution is 7.92. The van der Waals surface area contributed by atoms with Gasteiger partial charge >= 0.3 is 0 Å². The third-order valence-electron chi connectivity index (χ3n) is 3.88. The Labute approximate surface area is 148 Å². The summed E-state index contributed by atoms with van der Waals surface area (Å²) in [6.45, 7) is 2.99. The molecular weight excluding hydrogens is 364 g/mol. The number of imidazole rings is 1. The molecule has 6 nitrogen and oxygen atoms in total. The van der Waals surface area contributed by atoms with Gasteiger partial charge in [-0.3, -0.25) is 4.79 Å². The minimum atomic E-state index is -3.78. The van der Waals surface area contributed by atoms with E-state index in [4.69, 9.17) is 5.73 Å². The molecule has 1 aromatic heterocycles. The second kappa shape index (κ2) is 6.17. The largest absolute Gasteiger partial charge is 0.369 e. The van der Waals surface area contributed by atoms with Crippen molar-refractivity contribution in [2.75, 3.05) is 5.73 Å². The van der Waals surface area contributed by atoms with Crippen molar-refractivity contribution in [2.24, 2.45) is 0 Å². The van der Waals surface area contributed by atoms with Crippen LogP contribution < -0.4 is 5.73 Å². The topological polar surface area (TPSA) is 106 Å². The first kappa shape index (κ1) is 18.0. The summed E-state index contributed by atoms with van der Waals surface area (Å²) in [6.07, 6.45) is 0. The number of hydrogen-bond donors (Lipinski definition) is 2. The Balaban J connectivity index is 2.26. The monoisotopic (exact) mass is 379 g/mol. The van der Waals surface area contributed by atoms with Crippen LogP contribution in [0.4, 0.5) is 14.7 Å². The fourth-order valence-corrected chi connectivity index (χ4v) is 3.78. The lowest BCUT2D eigenvalue weighted by Crippen LogP contribution is -2.15. The molecule has 0 unspecified atom stereocenters. The first-order chi connectivity index (χ1) is 12.1. The first-order valence-corrected chi connectivity index (χ1v) is 9.18. The van der Waals surface area contributed by atoms with Crippen molar-refractivity contribution in [2.45, 2.75) is 24.0 Å². The van der Waals surface area contributed by atoms with Gasteiger partial charge in [-0.15, -0.1) is 0 Å². The molecule has 0 amide bonds. The van der Waals surface area contributed by atoms with Crippen molar-refractivity contribution in [1.82, 2.24) is 9.97 Å². The van der Waals surface area contributed by atoms with Gasteiger partial charge in [-0.1, -0.05) is 0 Å². The Bertz CT molecular complexity index is 1120. The van der Waals surface area contributed by atoms with Crippen LogP contribution in [-0.4, -0.2) is 29.4 Å². The van der Waals surface area contributed by atoms with Crippen molar-refractivity contribution in [1.29, 1.82) is 0 Å². The SMILES string of the molecule is CC(C)S(=O)(=O)c1cc(C(=O)c2cc(F)cc(F)c2)cc2[nH]c(N)nc12. The maximum Gasteiger partial charge on any atom is 0.198 e. The van der Waals surface area contributed by atoms with Gasteiger partial charge in [0.05, 0.1) is 15.7 Å². The van der Waals surface area contributed by atoms with Gasteiger partial charge in [0.15, 0.2) is 21.6 Å². The molecule has 0 saturated heterocycles. The van der Waals surface area contributed by atoms with Crippen LogP contribution in [0.5, 0.6) is 0 Å². The van der Waals surface area contributed by atoms with E-state index in [1.54, 1.807) is 0 Å². The molecule has 9 heteroatoms. The van der Waals surface area contributed by atoms with E-state index >= 15 is 0 Å². The first-order valence-electron chi connectivity index (χ1n) is 7.63. The lowest BCUT2D eigenvalue weighted by atomic mass is 10.0. The van der Waals surface area contributed by atoms with Crippen LogP contribution in [-0.2, 0) is 9.84 Å². The molecule has 3 rings (SSSR count). The number of ketones is 1. The van der Waals surface area contributed by atoms with Crippen LogP contribution >= 0.6 is 0 Å². The summed E-state index contributed by atoms with van der Waals surface area (Å²) in [5.41, 5.74) is 5.68. The minimum absolute atomic E-state index is 0.0124. The van der Waals surface area contributed by atoms with Crippen LogP contribution in [0.3, 0.4) is 0 Å². The molecule has 0 saturated carbocycles. The second-order valence-corrected chi connectivity index (χ2v) is 8.55. The van der Waals surface area contributed by atoms with Crippen LogP contribution in [0.25, 0.3) is 11.0 Å². The molecule has 0 fully saturated rings. The van der Waals surface area contributed by atoms with Gasteiger partial charge in [0.1, 0.15) is 17.2 Å². The average molecular weight is 379 g/mol. The predicted molar refractivity (Wildman–Crippen MR) is 92.6 cm³/mol. The standard InChI is InChI=1S/C17H15F2N3O3S/c1-8(2)26(24,25)14-6-10(5-13-15(14)22-17(20)21-13)16(23)9-3-11(18)7-12(19)4-9/h3-8H,1-2H3,(H3,20,21,22). The molecule has 0 aliphatic carbocycles. The number of benzene rings is 2. The molecule has 0 spiro atoms. The highest BCUT2D eigenvalue weighted by Crippen LogP contribution is 2.28. The zero-order chi connectivity index (χ0) is 19.2. The number of nitrogens with one attached hydrogen (secondary N) is 1. The van der Waals surface area contributed by atoms with Gasteiger partial charge in [0, 0.05) is 17.2 Å². The molecule has 0 bridgehead atoms. The van der Waals surface area contributed by atoms with Gasteiger partial charge < -0.3 is 10.7 Å². The molecule has 0 aliphatic heterocycles. The smallest absolute Gasteiger partial charge is 0.198 e. The summed E-state index contributed by atoms with van der Waals surface area (Å²) >= 11 is 0. The van der Waals surface area contributed by atoms with E-state index in [0.717, 1.165) is 18.2 Å². The zero-order valence-electron chi connectivity index (χ0n) is 13.9. The number of nitrogen functional groups attached to an aromatic ring is 1. The van der Waals surface area contributed by atoms with Gasteiger partial charge in [-0.25, -0.2) is 22.2 Å². The molecule has 1 heterocycles. The van der Waals surface area contributed by atoms with E-state index < -0.39 is 32.5 Å². The highest BCUT2D eigenvalue weighted by atomic mass is 32.2. The highest BCUT2D eigenvalue weighted by Gasteiger charge is 2.26. The number of halogens is 2. The third-order valence-corrected chi connectivity index (χ3v) is 6.05. The predicted octanol–water partition coefficient (Wildman–Crippen LogP) is 2.84. The van der Waals surface area contributed by atoms with E-state index in [1.807, 2.05) is 0 Å². The van der Waals surface area contributed by atoms with Crippen molar-refractivity contribution in [3.8, 4) is 0 Å².